The number of aliphatic hydroxyl groups is 1. The van der Waals surface area contributed by atoms with E-state index in [1.165, 1.54) is 18.9 Å². The van der Waals surface area contributed by atoms with Gasteiger partial charge >= 0.3 is 0 Å². The molecule has 0 heterocycles. The molecule has 1 spiro atoms. The van der Waals surface area contributed by atoms with Crippen molar-refractivity contribution in [3.8, 4) is 0 Å². The normalized spacial score (nSPS) is 37.8. The van der Waals surface area contributed by atoms with Gasteiger partial charge < -0.3 is 10.4 Å². The van der Waals surface area contributed by atoms with Gasteiger partial charge in [0.05, 0.1) is 0 Å². The molecule has 2 aliphatic rings. The lowest BCUT2D eigenvalue weighted by Gasteiger charge is -2.51. The van der Waals surface area contributed by atoms with Crippen LogP contribution in [-0.4, -0.2) is 23.7 Å². The third-order valence-electron chi connectivity index (χ3n) is 4.31. The zero-order chi connectivity index (χ0) is 11.6. The lowest BCUT2D eigenvalue weighted by Crippen LogP contribution is -2.51. The first-order valence-corrected chi connectivity index (χ1v) is 6.21. The van der Waals surface area contributed by atoms with E-state index in [-0.39, 0.29) is 5.91 Å². The molecule has 3 heteroatoms. The fraction of sp³-hybridized carbons (Fsp3) is 0.769. The maximum atomic E-state index is 11.1. The van der Waals surface area contributed by atoms with E-state index in [4.69, 9.17) is 5.11 Å². The predicted molar refractivity (Wildman–Crippen MR) is 62.8 cm³/mol. The summed E-state index contributed by atoms with van der Waals surface area (Å²) in [5, 5.41) is 12.0. The third kappa shape index (κ3) is 2.29. The summed E-state index contributed by atoms with van der Waals surface area (Å²) in [6.45, 7) is 3.80. The Morgan fingerprint density at radius 2 is 2.06 bits per heavy atom. The van der Waals surface area contributed by atoms with E-state index in [1.54, 1.807) is 0 Å². The molecule has 16 heavy (non-hydrogen) atoms. The molecular formula is C13H21NO2. The summed E-state index contributed by atoms with van der Waals surface area (Å²) in [5.74, 6) is 0.469. The first-order chi connectivity index (χ1) is 7.67. The average molecular weight is 223 g/mol. The molecule has 2 aliphatic carbocycles. The first-order valence-electron chi connectivity index (χ1n) is 6.21. The Bertz CT molecular complexity index is 272. The van der Waals surface area contributed by atoms with Gasteiger partial charge in [-0.05, 0) is 55.9 Å². The Hall–Kier alpha value is -0.830. The van der Waals surface area contributed by atoms with Gasteiger partial charge in [-0.2, -0.15) is 0 Å². The fourth-order valence-electron chi connectivity index (χ4n) is 3.23. The second-order valence-corrected chi connectivity index (χ2v) is 5.44. The molecule has 90 valence electrons. The molecule has 0 bridgehead atoms. The van der Waals surface area contributed by atoms with Gasteiger partial charge in [0.2, 0.25) is 5.91 Å². The van der Waals surface area contributed by atoms with Crippen molar-refractivity contribution < 1.29 is 9.90 Å². The Kier molecular flexibility index (Phi) is 3.33. The Balaban J connectivity index is 1.75. The number of hydrogen-bond acceptors (Lipinski definition) is 2. The van der Waals surface area contributed by atoms with Crippen LogP contribution in [0.3, 0.4) is 0 Å². The smallest absolute Gasteiger partial charge is 0.243 e. The van der Waals surface area contributed by atoms with Gasteiger partial charge in [0.15, 0.2) is 0 Å². The van der Waals surface area contributed by atoms with Gasteiger partial charge in [0.1, 0.15) is 0 Å². The Labute approximate surface area is 96.9 Å². The minimum atomic E-state index is -0.0519. The summed E-state index contributed by atoms with van der Waals surface area (Å²) in [5.41, 5.74) is 0.477. The van der Waals surface area contributed by atoms with Crippen LogP contribution in [0.2, 0.25) is 0 Å². The van der Waals surface area contributed by atoms with Crippen LogP contribution in [-0.2, 0) is 4.79 Å². The molecule has 0 saturated heterocycles. The summed E-state index contributed by atoms with van der Waals surface area (Å²) in [6.07, 6.45) is 8.32. The number of rotatable bonds is 3. The first kappa shape index (κ1) is 11.6. The second kappa shape index (κ2) is 4.58. The van der Waals surface area contributed by atoms with Crippen LogP contribution in [0.4, 0.5) is 0 Å². The van der Waals surface area contributed by atoms with Crippen molar-refractivity contribution in [3.63, 3.8) is 0 Å². The molecule has 0 aromatic rings. The number of hydrogen-bond donors (Lipinski definition) is 2. The quantitative estimate of drug-likeness (QED) is 0.714. The van der Waals surface area contributed by atoms with E-state index in [2.05, 4.69) is 11.9 Å². The van der Waals surface area contributed by atoms with E-state index in [1.807, 2.05) is 0 Å². The van der Waals surface area contributed by atoms with E-state index in [0.29, 0.717) is 24.0 Å². The molecule has 0 radical (unpaired) electrons. The van der Waals surface area contributed by atoms with Crippen LogP contribution in [0, 0.1) is 11.3 Å². The molecule has 1 amide bonds. The summed E-state index contributed by atoms with van der Waals surface area (Å²) < 4.78 is 0. The van der Waals surface area contributed by atoms with Crippen molar-refractivity contribution in [1.82, 2.24) is 5.32 Å². The van der Waals surface area contributed by atoms with Crippen LogP contribution in [0.25, 0.3) is 0 Å². The van der Waals surface area contributed by atoms with Crippen molar-refractivity contribution in [2.45, 2.75) is 44.6 Å². The molecular weight excluding hydrogens is 202 g/mol. The standard InChI is InChI=1S/C13H21NO2/c1-2-12(16)14-11-7-13(8-11)5-3-10(9-15)4-6-13/h2,10-11,15H,1,3-9H2,(H,14,16). The molecule has 2 N–H and O–H groups in total. The lowest BCUT2D eigenvalue weighted by atomic mass is 9.57. The van der Waals surface area contributed by atoms with Gasteiger partial charge in [0, 0.05) is 12.6 Å². The highest BCUT2D eigenvalue weighted by Gasteiger charge is 2.46. The molecule has 2 fully saturated rings. The molecule has 0 aliphatic heterocycles. The van der Waals surface area contributed by atoms with E-state index in [0.717, 1.165) is 25.7 Å². The van der Waals surface area contributed by atoms with Crippen LogP contribution >= 0.6 is 0 Å². The van der Waals surface area contributed by atoms with E-state index >= 15 is 0 Å². The van der Waals surface area contributed by atoms with Crippen LogP contribution < -0.4 is 5.32 Å². The molecule has 0 aromatic carbocycles. The van der Waals surface area contributed by atoms with E-state index in [9.17, 15) is 4.79 Å². The van der Waals surface area contributed by atoms with Crippen LogP contribution in [0.5, 0.6) is 0 Å². The highest BCUT2D eigenvalue weighted by molar-refractivity contribution is 5.87. The molecule has 3 nitrogen and oxygen atoms in total. The molecule has 2 rings (SSSR count). The largest absolute Gasteiger partial charge is 0.396 e. The number of nitrogens with one attached hydrogen (secondary N) is 1. The summed E-state index contributed by atoms with van der Waals surface area (Å²) in [6, 6.07) is 0.358. The summed E-state index contributed by atoms with van der Waals surface area (Å²) in [7, 11) is 0. The maximum absolute atomic E-state index is 11.1. The number of carbonyl (C=O) groups excluding carboxylic acids is 1. The van der Waals surface area contributed by atoms with E-state index < -0.39 is 0 Å². The van der Waals surface area contributed by atoms with Crippen LogP contribution in [0.15, 0.2) is 12.7 Å². The van der Waals surface area contributed by atoms with Gasteiger partial charge in [-0.15, -0.1) is 0 Å². The zero-order valence-corrected chi connectivity index (χ0v) is 9.74. The number of carbonyl (C=O) groups is 1. The zero-order valence-electron chi connectivity index (χ0n) is 9.74. The maximum Gasteiger partial charge on any atom is 0.243 e. The second-order valence-electron chi connectivity index (χ2n) is 5.44. The van der Waals surface area contributed by atoms with Crippen molar-refractivity contribution in [1.29, 1.82) is 0 Å². The van der Waals surface area contributed by atoms with Crippen LogP contribution in [0.1, 0.15) is 38.5 Å². The highest BCUT2D eigenvalue weighted by atomic mass is 16.3. The topological polar surface area (TPSA) is 49.3 Å². The minimum Gasteiger partial charge on any atom is -0.396 e. The highest BCUT2D eigenvalue weighted by Crippen LogP contribution is 2.52. The monoisotopic (exact) mass is 223 g/mol. The fourth-order valence-corrected chi connectivity index (χ4v) is 3.23. The minimum absolute atomic E-state index is 0.0519. The molecule has 0 aromatic heterocycles. The van der Waals surface area contributed by atoms with Gasteiger partial charge in [-0.1, -0.05) is 6.58 Å². The number of amides is 1. The molecule has 0 atom stereocenters. The van der Waals surface area contributed by atoms with Crippen molar-refractivity contribution >= 4 is 5.91 Å². The summed E-state index contributed by atoms with van der Waals surface area (Å²) >= 11 is 0. The van der Waals surface area contributed by atoms with Crippen molar-refractivity contribution in [2.24, 2.45) is 11.3 Å². The molecule has 0 unspecified atom stereocenters. The summed E-state index contributed by atoms with van der Waals surface area (Å²) in [4.78, 5) is 11.1. The number of aliphatic hydroxyl groups excluding tert-OH is 1. The average Bonchev–Trinajstić information content (AvgIpc) is 2.27. The third-order valence-corrected chi connectivity index (χ3v) is 4.31. The van der Waals surface area contributed by atoms with Crippen molar-refractivity contribution in [3.05, 3.63) is 12.7 Å². The molecule has 2 saturated carbocycles. The Morgan fingerprint density at radius 1 is 1.44 bits per heavy atom. The van der Waals surface area contributed by atoms with Crippen molar-refractivity contribution in [2.75, 3.05) is 6.61 Å². The predicted octanol–water partition coefficient (Wildman–Crippen LogP) is 1.62. The van der Waals surface area contributed by atoms with Gasteiger partial charge in [-0.25, -0.2) is 0 Å². The Morgan fingerprint density at radius 3 is 2.56 bits per heavy atom. The van der Waals surface area contributed by atoms with Gasteiger partial charge in [-0.3, -0.25) is 4.79 Å². The SMILES string of the molecule is C=CC(=O)NC1CC2(CCC(CO)CC2)C1. The van der Waals surface area contributed by atoms with Gasteiger partial charge in [0.25, 0.3) is 0 Å². The lowest BCUT2D eigenvalue weighted by molar-refractivity contribution is -0.119.